The van der Waals surface area contributed by atoms with Gasteiger partial charge in [-0.15, -0.1) is 22.7 Å². The van der Waals surface area contributed by atoms with Crippen molar-refractivity contribution in [2.45, 2.75) is 33.6 Å². The zero-order chi connectivity index (χ0) is 21.9. The van der Waals surface area contributed by atoms with Crippen molar-refractivity contribution in [3.8, 4) is 9.88 Å². The highest BCUT2D eigenvalue weighted by Crippen LogP contribution is 2.32. The summed E-state index contributed by atoms with van der Waals surface area (Å²) in [6.45, 7) is 9.04. The minimum Gasteiger partial charge on any atom is -0.355 e. The number of carbonyl (C=O) groups is 2. The van der Waals surface area contributed by atoms with E-state index < -0.39 is 0 Å². The predicted molar refractivity (Wildman–Crippen MR) is 124 cm³/mol. The van der Waals surface area contributed by atoms with Gasteiger partial charge in [-0.3, -0.25) is 9.59 Å². The van der Waals surface area contributed by atoms with Gasteiger partial charge in [0.2, 0.25) is 5.91 Å². The van der Waals surface area contributed by atoms with Gasteiger partial charge in [-0.05, 0) is 50.7 Å². The van der Waals surface area contributed by atoms with Gasteiger partial charge >= 0.3 is 0 Å². The molecule has 1 aliphatic rings. The Kier molecular flexibility index (Phi) is 7.31. The Labute approximate surface area is 187 Å². The summed E-state index contributed by atoms with van der Waals surface area (Å²) in [4.78, 5) is 36.1. The fourth-order valence-electron chi connectivity index (χ4n) is 3.97. The molecular formula is C22H32N4O2S2. The lowest BCUT2D eigenvalue weighted by atomic mass is 9.91. The molecule has 0 radical (unpaired) electrons. The quantitative estimate of drug-likeness (QED) is 0.701. The topological polar surface area (TPSA) is 65.5 Å². The second-order valence-corrected chi connectivity index (χ2v) is 11.0. The maximum atomic E-state index is 13.0. The summed E-state index contributed by atoms with van der Waals surface area (Å²) in [5.41, 5.74) is 0.816. The fourth-order valence-corrected chi connectivity index (χ4v) is 5.80. The first kappa shape index (κ1) is 22.9. The lowest BCUT2D eigenvalue weighted by molar-refractivity contribution is -0.126. The molecule has 0 aromatic carbocycles. The van der Waals surface area contributed by atoms with Gasteiger partial charge in [0.25, 0.3) is 5.91 Å². The average Bonchev–Trinajstić information content (AvgIpc) is 3.34. The molecule has 0 unspecified atom stereocenters. The molecule has 30 heavy (non-hydrogen) atoms. The van der Waals surface area contributed by atoms with Crippen LogP contribution < -0.4 is 5.32 Å². The van der Waals surface area contributed by atoms with Gasteiger partial charge in [0.1, 0.15) is 9.88 Å². The van der Waals surface area contributed by atoms with Crippen LogP contribution in [0.4, 0.5) is 0 Å². The maximum absolute atomic E-state index is 13.0. The fraction of sp³-hybridized carbons (Fsp3) is 0.591. The zero-order valence-electron chi connectivity index (χ0n) is 18.5. The van der Waals surface area contributed by atoms with Crippen LogP contribution >= 0.6 is 22.7 Å². The van der Waals surface area contributed by atoms with Crippen LogP contribution in [-0.2, 0) is 4.79 Å². The summed E-state index contributed by atoms with van der Waals surface area (Å²) in [6, 6.07) is 4.02. The van der Waals surface area contributed by atoms with E-state index in [1.807, 2.05) is 43.4 Å². The van der Waals surface area contributed by atoms with E-state index in [1.54, 1.807) is 11.3 Å². The number of thiophene rings is 1. The number of piperidine rings is 1. The number of likely N-dealkylation sites (tertiary alicyclic amines) is 1. The molecule has 0 bridgehead atoms. The minimum atomic E-state index is -0.0200. The number of thiazole rings is 1. The van der Waals surface area contributed by atoms with Crippen molar-refractivity contribution in [1.82, 2.24) is 20.1 Å². The third-order valence-corrected chi connectivity index (χ3v) is 7.55. The molecule has 0 saturated carbocycles. The van der Waals surface area contributed by atoms with Crippen molar-refractivity contribution in [3.05, 3.63) is 28.1 Å². The van der Waals surface area contributed by atoms with Crippen molar-refractivity contribution in [3.63, 3.8) is 0 Å². The van der Waals surface area contributed by atoms with E-state index in [1.165, 1.54) is 11.3 Å². The second kappa shape index (κ2) is 9.58. The summed E-state index contributed by atoms with van der Waals surface area (Å²) >= 11 is 3.10. The van der Waals surface area contributed by atoms with E-state index in [-0.39, 0.29) is 23.1 Å². The Hall–Kier alpha value is -1.77. The number of nitrogens with one attached hydrogen (secondary N) is 1. The molecule has 0 aliphatic carbocycles. The highest BCUT2D eigenvalue weighted by Gasteiger charge is 2.30. The largest absolute Gasteiger partial charge is 0.355 e. The van der Waals surface area contributed by atoms with Crippen molar-refractivity contribution >= 4 is 34.5 Å². The van der Waals surface area contributed by atoms with Crippen molar-refractivity contribution < 1.29 is 9.59 Å². The van der Waals surface area contributed by atoms with Gasteiger partial charge in [0.05, 0.1) is 10.6 Å². The Morgan fingerprint density at radius 2 is 2.00 bits per heavy atom. The molecule has 3 rings (SSSR count). The molecule has 2 amide bonds. The number of nitrogens with zero attached hydrogens (tertiary/aromatic N) is 3. The van der Waals surface area contributed by atoms with Crippen LogP contribution in [-0.4, -0.2) is 66.9 Å². The monoisotopic (exact) mass is 448 g/mol. The van der Waals surface area contributed by atoms with Crippen LogP contribution in [0.3, 0.4) is 0 Å². The Morgan fingerprint density at radius 1 is 1.30 bits per heavy atom. The van der Waals surface area contributed by atoms with Crippen LogP contribution in [0, 0.1) is 18.3 Å². The minimum absolute atomic E-state index is 0.0200. The molecule has 164 valence electrons. The van der Waals surface area contributed by atoms with Crippen LogP contribution in [0.1, 0.15) is 42.1 Å². The van der Waals surface area contributed by atoms with Crippen molar-refractivity contribution in [2.75, 3.05) is 40.3 Å². The summed E-state index contributed by atoms with van der Waals surface area (Å²) < 4.78 is 0. The highest BCUT2D eigenvalue weighted by atomic mass is 32.1. The molecule has 1 saturated heterocycles. The molecular weight excluding hydrogens is 416 g/mol. The van der Waals surface area contributed by atoms with E-state index in [4.69, 9.17) is 0 Å². The number of aryl methyl sites for hydroxylation is 1. The van der Waals surface area contributed by atoms with Gasteiger partial charge in [-0.1, -0.05) is 19.9 Å². The number of hydrogen-bond donors (Lipinski definition) is 1. The maximum Gasteiger partial charge on any atom is 0.265 e. The molecule has 6 nitrogen and oxygen atoms in total. The smallest absolute Gasteiger partial charge is 0.265 e. The molecule has 3 heterocycles. The molecule has 8 heteroatoms. The molecule has 0 atom stereocenters. The van der Waals surface area contributed by atoms with Crippen LogP contribution in [0.5, 0.6) is 0 Å². The average molecular weight is 449 g/mol. The Morgan fingerprint density at radius 3 is 2.60 bits per heavy atom. The summed E-state index contributed by atoms with van der Waals surface area (Å²) in [5, 5.41) is 6.05. The van der Waals surface area contributed by atoms with Crippen molar-refractivity contribution in [2.24, 2.45) is 11.3 Å². The standard InChI is InChI=1S/C22H32N4O2S2/c1-15-18(30-20(24-15)17-7-6-12-29-17)21(28)26-10-8-16(9-11-26)19(27)23-13-22(2,3)14-25(4)5/h6-7,12,16H,8-11,13-14H2,1-5H3,(H,23,27). The molecule has 0 spiro atoms. The van der Waals surface area contributed by atoms with Gasteiger partial charge in [-0.2, -0.15) is 0 Å². The second-order valence-electron chi connectivity index (χ2n) is 9.10. The lowest BCUT2D eigenvalue weighted by Gasteiger charge is -2.33. The molecule has 1 N–H and O–H groups in total. The zero-order valence-corrected chi connectivity index (χ0v) is 20.2. The molecule has 2 aromatic heterocycles. The third-order valence-electron chi connectivity index (χ3n) is 5.36. The molecule has 1 fully saturated rings. The van der Waals surface area contributed by atoms with Crippen LogP contribution in [0.15, 0.2) is 17.5 Å². The Bertz CT molecular complexity index is 866. The first-order chi connectivity index (χ1) is 14.2. The molecule has 1 aliphatic heterocycles. The third kappa shape index (κ3) is 5.68. The number of hydrogen-bond acceptors (Lipinski definition) is 6. The first-order valence-electron chi connectivity index (χ1n) is 10.4. The van der Waals surface area contributed by atoms with E-state index in [2.05, 4.69) is 29.0 Å². The predicted octanol–water partition coefficient (Wildman–Crippen LogP) is 3.74. The number of amides is 2. The normalized spacial score (nSPS) is 15.6. The van der Waals surface area contributed by atoms with E-state index in [0.29, 0.717) is 37.4 Å². The van der Waals surface area contributed by atoms with Crippen LogP contribution in [0.2, 0.25) is 0 Å². The Balaban J connectivity index is 1.53. The number of carbonyl (C=O) groups excluding carboxylic acids is 2. The summed E-state index contributed by atoms with van der Waals surface area (Å²) in [6.07, 6.45) is 1.42. The van der Waals surface area contributed by atoms with Gasteiger partial charge in [0.15, 0.2) is 0 Å². The summed E-state index contributed by atoms with van der Waals surface area (Å²) in [7, 11) is 4.09. The van der Waals surface area contributed by atoms with Gasteiger partial charge < -0.3 is 15.1 Å². The number of rotatable bonds is 7. The van der Waals surface area contributed by atoms with Crippen molar-refractivity contribution in [1.29, 1.82) is 0 Å². The first-order valence-corrected chi connectivity index (χ1v) is 12.1. The number of aromatic nitrogens is 1. The lowest BCUT2D eigenvalue weighted by Crippen LogP contribution is -2.46. The van der Waals surface area contributed by atoms with E-state index in [0.717, 1.165) is 22.1 Å². The SMILES string of the molecule is Cc1nc(-c2cccs2)sc1C(=O)N1CCC(C(=O)NCC(C)(C)CN(C)C)CC1. The summed E-state index contributed by atoms with van der Waals surface area (Å²) in [5.74, 6) is 0.134. The molecule has 2 aromatic rings. The highest BCUT2D eigenvalue weighted by molar-refractivity contribution is 7.22. The van der Waals surface area contributed by atoms with E-state index in [9.17, 15) is 9.59 Å². The van der Waals surface area contributed by atoms with Crippen LogP contribution in [0.25, 0.3) is 9.88 Å². The van der Waals surface area contributed by atoms with Gasteiger partial charge in [0, 0.05) is 32.1 Å². The van der Waals surface area contributed by atoms with E-state index >= 15 is 0 Å². The van der Waals surface area contributed by atoms with Gasteiger partial charge in [-0.25, -0.2) is 4.98 Å².